The summed E-state index contributed by atoms with van der Waals surface area (Å²) < 4.78 is 36.6. The highest BCUT2D eigenvalue weighted by Crippen LogP contribution is 2.16. The SMILES string of the molecule is CC(C)Oc1ccc(C(=O)O[C@@H](C)C(=O)Nc2ccc(F)c(F)c2)cc1. The zero-order chi connectivity index (χ0) is 19.3. The average Bonchev–Trinajstić information content (AvgIpc) is 2.58. The molecule has 2 aromatic carbocycles. The second-order valence-corrected chi connectivity index (χ2v) is 5.86. The number of anilines is 1. The highest BCUT2D eigenvalue weighted by atomic mass is 19.2. The second kappa shape index (κ2) is 8.42. The lowest BCUT2D eigenvalue weighted by Gasteiger charge is -2.14. The van der Waals surface area contributed by atoms with Gasteiger partial charge in [-0.05, 0) is 57.2 Å². The van der Waals surface area contributed by atoms with Crippen LogP contribution in [0.1, 0.15) is 31.1 Å². The number of hydrogen-bond acceptors (Lipinski definition) is 4. The van der Waals surface area contributed by atoms with Gasteiger partial charge < -0.3 is 14.8 Å². The summed E-state index contributed by atoms with van der Waals surface area (Å²) >= 11 is 0. The van der Waals surface area contributed by atoms with E-state index in [1.807, 2.05) is 13.8 Å². The maximum absolute atomic E-state index is 13.2. The number of esters is 1. The standard InChI is InChI=1S/C19H19F2NO4/c1-11(2)25-15-7-4-13(5-8-15)19(24)26-12(3)18(23)22-14-6-9-16(20)17(21)10-14/h4-12H,1-3H3,(H,22,23)/t12-/m0/s1. The normalized spacial score (nSPS) is 11.8. The Hall–Kier alpha value is -2.96. The number of halogens is 2. The van der Waals surface area contributed by atoms with Crippen LogP contribution in [-0.4, -0.2) is 24.1 Å². The van der Waals surface area contributed by atoms with Gasteiger partial charge in [-0.1, -0.05) is 0 Å². The molecule has 0 aliphatic rings. The van der Waals surface area contributed by atoms with Crippen molar-refractivity contribution in [1.82, 2.24) is 0 Å². The van der Waals surface area contributed by atoms with Crippen LogP contribution < -0.4 is 10.1 Å². The molecule has 138 valence electrons. The van der Waals surface area contributed by atoms with Gasteiger partial charge in [-0.15, -0.1) is 0 Å². The molecule has 26 heavy (non-hydrogen) atoms. The first-order chi connectivity index (χ1) is 12.3. The van der Waals surface area contributed by atoms with Gasteiger partial charge in [0.25, 0.3) is 5.91 Å². The molecule has 0 radical (unpaired) electrons. The molecular weight excluding hydrogens is 344 g/mol. The van der Waals surface area contributed by atoms with Crippen LogP contribution in [-0.2, 0) is 9.53 Å². The molecule has 5 nitrogen and oxygen atoms in total. The van der Waals surface area contributed by atoms with Crippen LogP contribution >= 0.6 is 0 Å². The van der Waals surface area contributed by atoms with Crippen molar-refractivity contribution in [2.45, 2.75) is 33.0 Å². The molecule has 7 heteroatoms. The molecule has 1 amide bonds. The van der Waals surface area contributed by atoms with Gasteiger partial charge in [0, 0.05) is 11.8 Å². The molecule has 2 aromatic rings. The van der Waals surface area contributed by atoms with Gasteiger partial charge in [0.15, 0.2) is 17.7 Å². The lowest BCUT2D eigenvalue weighted by Crippen LogP contribution is -2.30. The van der Waals surface area contributed by atoms with Crippen LogP contribution in [0.2, 0.25) is 0 Å². The van der Waals surface area contributed by atoms with Gasteiger partial charge in [0.2, 0.25) is 0 Å². The zero-order valence-electron chi connectivity index (χ0n) is 14.6. The fourth-order valence-corrected chi connectivity index (χ4v) is 2.04. The molecule has 1 atom stereocenters. The van der Waals surface area contributed by atoms with Crippen molar-refractivity contribution < 1.29 is 27.8 Å². The summed E-state index contributed by atoms with van der Waals surface area (Å²) in [7, 11) is 0. The third-order valence-corrected chi connectivity index (χ3v) is 3.30. The molecule has 2 rings (SSSR count). The van der Waals surface area contributed by atoms with Crippen molar-refractivity contribution >= 4 is 17.6 Å². The van der Waals surface area contributed by atoms with Crippen LogP contribution in [0.4, 0.5) is 14.5 Å². The van der Waals surface area contributed by atoms with E-state index in [1.54, 1.807) is 12.1 Å². The summed E-state index contributed by atoms with van der Waals surface area (Å²) in [5, 5.41) is 2.35. The van der Waals surface area contributed by atoms with E-state index >= 15 is 0 Å². The van der Waals surface area contributed by atoms with Crippen molar-refractivity contribution in [3.8, 4) is 5.75 Å². The summed E-state index contributed by atoms with van der Waals surface area (Å²) in [5.74, 6) is -2.85. The number of ether oxygens (including phenoxy) is 2. The molecule has 0 bridgehead atoms. The molecule has 0 aliphatic carbocycles. The summed E-state index contributed by atoms with van der Waals surface area (Å²) in [6.07, 6.45) is -1.12. The van der Waals surface area contributed by atoms with Crippen molar-refractivity contribution in [1.29, 1.82) is 0 Å². The minimum Gasteiger partial charge on any atom is -0.491 e. The summed E-state index contributed by atoms with van der Waals surface area (Å²) in [6.45, 7) is 5.15. The molecule has 0 fully saturated rings. The Balaban J connectivity index is 1.94. The van der Waals surface area contributed by atoms with Gasteiger partial charge in [-0.25, -0.2) is 13.6 Å². The van der Waals surface area contributed by atoms with Gasteiger partial charge >= 0.3 is 5.97 Å². The largest absolute Gasteiger partial charge is 0.491 e. The number of benzene rings is 2. The lowest BCUT2D eigenvalue weighted by molar-refractivity contribution is -0.123. The predicted octanol–water partition coefficient (Wildman–Crippen LogP) is 3.94. The molecule has 0 unspecified atom stereocenters. The summed E-state index contributed by atoms with van der Waals surface area (Å²) in [5.41, 5.74) is 0.320. The molecule has 0 heterocycles. The van der Waals surface area contributed by atoms with Gasteiger partial charge in [0.05, 0.1) is 11.7 Å². The highest BCUT2D eigenvalue weighted by molar-refractivity contribution is 5.97. The van der Waals surface area contributed by atoms with Crippen LogP contribution in [0.3, 0.4) is 0 Å². The average molecular weight is 363 g/mol. The lowest BCUT2D eigenvalue weighted by atomic mass is 10.2. The Kier molecular flexibility index (Phi) is 6.27. The Labute approximate surface area is 149 Å². The molecule has 0 spiro atoms. The van der Waals surface area contributed by atoms with Crippen molar-refractivity contribution in [3.63, 3.8) is 0 Å². The number of carbonyl (C=O) groups is 2. The monoisotopic (exact) mass is 363 g/mol. The van der Waals surface area contributed by atoms with Crippen LogP contribution in [0.15, 0.2) is 42.5 Å². The maximum Gasteiger partial charge on any atom is 0.338 e. The zero-order valence-corrected chi connectivity index (χ0v) is 14.6. The van der Waals surface area contributed by atoms with Gasteiger partial charge in [-0.3, -0.25) is 4.79 Å². The van der Waals surface area contributed by atoms with E-state index in [0.29, 0.717) is 5.75 Å². The summed E-state index contributed by atoms with van der Waals surface area (Å²) in [6, 6.07) is 9.25. The van der Waals surface area contributed by atoms with Crippen LogP contribution in [0, 0.1) is 11.6 Å². The summed E-state index contributed by atoms with van der Waals surface area (Å²) in [4.78, 5) is 24.1. The first kappa shape index (κ1) is 19.4. The van der Waals surface area contributed by atoms with Crippen molar-refractivity contribution in [3.05, 3.63) is 59.7 Å². The third-order valence-electron chi connectivity index (χ3n) is 3.30. The Bertz CT molecular complexity index is 791. The van der Waals surface area contributed by atoms with E-state index in [-0.39, 0.29) is 17.4 Å². The van der Waals surface area contributed by atoms with Crippen molar-refractivity contribution in [2.24, 2.45) is 0 Å². The number of rotatable bonds is 6. The Morgan fingerprint density at radius 3 is 2.19 bits per heavy atom. The van der Waals surface area contributed by atoms with Gasteiger partial charge in [0.1, 0.15) is 5.75 Å². The number of carbonyl (C=O) groups excluding carboxylic acids is 2. The van der Waals surface area contributed by atoms with E-state index in [1.165, 1.54) is 25.1 Å². The van der Waals surface area contributed by atoms with E-state index in [4.69, 9.17) is 9.47 Å². The third kappa shape index (κ3) is 5.27. The topological polar surface area (TPSA) is 64.6 Å². The van der Waals surface area contributed by atoms with Crippen molar-refractivity contribution in [2.75, 3.05) is 5.32 Å². The predicted molar refractivity (Wildman–Crippen MR) is 92.1 cm³/mol. The minimum atomic E-state index is -1.12. The fraction of sp³-hybridized carbons (Fsp3) is 0.263. The molecule has 1 N–H and O–H groups in total. The fourth-order valence-electron chi connectivity index (χ4n) is 2.04. The number of amides is 1. The number of nitrogens with one attached hydrogen (secondary N) is 1. The van der Waals surface area contributed by atoms with E-state index in [2.05, 4.69) is 5.32 Å². The Morgan fingerprint density at radius 1 is 0.962 bits per heavy atom. The molecule has 0 saturated heterocycles. The minimum absolute atomic E-state index is 0.00724. The Morgan fingerprint density at radius 2 is 1.62 bits per heavy atom. The second-order valence-electron chi connectivity index (χ2n) is 5.86. The maximum atomic E-state index is 13.2. The highest BCUT2D eigenvalue weighted by Gasteiger charge is 2.19. The molecule has 0 aromatic heterocycles. The van der Waals surface area contributed by atoms with E-state index < -0.39 is 29.6 Å². The van der Waals surface area contributed by atoms with Gasteiger partial charge in [-0.2, -0.15) is 0 Å². The first-order valence-corrected chi connectivity index (χ1v) is 8.00. The van der Waals surface area contributed by atoms with E-state index in [9.17, 15) is 18.4 Å². The van der Waals surface area contributed by atoms with E-state index in [0.717, 1.165) is 12.1 Å². The first-order valence-electron chi connectivity index (χ1n) is 8.00. The number of hydrogen-bond donors (Lipinski definition) is 1. The molecule has 0 saturated carbocycles. The van der Waals surface area contributed by atoms with Crippen LogP contribution in [0.5, 0.6) is 5.75 Å². The molecular formula is C19H19F2NO4. The smallest absolute Gasteiger partial charge is 0.338 e. The van der Waals surface area contributed by atoms with Crippen LogP contribution in [0.25, 0.3) is 0 Å². The molecule has 0 aliphatic heterocycles. The quantitative estimate of drug-likeness (QED) is 0.790.